The second kappa shape index (κ2) is 7.52. The second-order valence-electron chi connectivity index (χ2n) is 6.96. The summed E-state index contributed by atoms with van der Waals surface area (Å²) in [5, 5.41) is 3.60. The van der Waals surface area contributed by atoms with Crippen LogP contribution in [0, 0.1) is 12.8 Å². The molecule has 0 radical (unpaired) electrons. The van der Waals surface area contributed by atoms with Crippen LogP contribution in [0.5, 0.6) is 0 Å². The summed E-state index contributed by atoms with van der Waals surface area (Å²) >= 11 is 0. The zero-order valence-corrected chi connectivity index (χ0v) is 15.3. The van der Waals surface area contributed by atoms with Gasteiger partial charge in [-0.1, -0.05) is 43.7 Å². The van der Waals surface area contributed by atoms with Crippen LogP contribution in [0.4, 0.5) is 0 Å². The van der Waals surface area contributed by atoms with E-state index >= 15 is 0 Å². The molecular weight excluding hydrogens is 326 g/mol. The van der Waals surface area contributed by atoms with Gasteiger partial charge in [0, 0.05) is 18.1 Å². The molecule has 5 heteroatoms. The lowest BCUT2D eigenvalue weighted by molar-refractivity contribution is 0.0947. The molecule has 0 aliphatic rings. The highest BCUT2D eigenvalue weighted by Gasteiger charge is 2.16. The van der Waals surface area contributed by atoms with E-state index in [1.54, 1.807) is 22.9 Å². The zero-order valence-electron chi connectivity index (χ0n) is 15.3. The summed E-state index contributed by atoms with van der Waals surface area (Å²) in [6.07, 6.45) is 1.66. The first-order chi connectivity index (χ1) is 12.5. The van der Waals surface area contributed by atoms with E-state index in [0.29, 0.717) is 24.7 Å². The minimum Gasteiger partial charge on any atom is -0.352 e. The molecule has 0 spiro atoms. The van der Waals surface area contributed by atoms with Gasteiger partial charge in [0.2, 0.25) is 0 Å². The third kappa shape index (κ3) is 3.82. The lowest BCUT2D eigenvalue weighted by atomic mass is 10.1. The summed E-state index contributed by atoms with van der Waals surface area (Å²) in [5.41, 5.74) is 2.56. The highest BCUT2D eigenvalue weighted by atomic mass is 16.2. The van der Waals surface area contributed by atoms with E-state index in [2.05, 4.69) is 10.3 Å². The number of nitrogens with one attached hydrogen (secondary N) is 1. The summed E-state index contributed by atoms with van der Waals surface area (Å²) in [7, 11) is 0. The van der Waals surface area contributed by atoms with E-state index < -0.39 is 0 Å². The van der Waals surface area contributed by atoms with Crippen LogP contribution in [0.25, 0.3) is 11.0 Å². The molecule has 3 aromatic rings. The Morgan fingerprint density at radius 2 is 1.92 bits per heavy atom. The highest BCUT2D eigenvalue weighted by Crippen LogP contribution is 2.13. The number of carbonyl (C=O) groups is 1. The summed E-state index contributed by atoms with van der Waals surface area (Å²) in [6, 6.07) is 13.3. The van der Waals surface area contributed by atoms with Gasteiger partial charge in [0.25, 0.3) is 11.5 Å². The minimum absolute atomic E-state index is 0.151. The number of fused-ring (bicyclic) bond motifs is 1. The van der Waals surface area contributed by atoms with Crippen LogP contribution in [0.3, 0.4) is 0 Å². The van der Waals surface area contributed by atoms with Crippen molar-refractivity contribution in [1.82, 2.24) is 14.9 Å². The first-order valence-electron chi connectivity index (χ1n) is 8.78. The van der Waals surface area contributed by atoms with E-state index in [1.165, 1.54) is 0 Å². The smallest absolute Gasteiger partial charge is 0.265 e. The maximum Gasteiger partial charge on any atom is 0.265 e. The molecule has 3 rings (SSSR count). The molecule has 5 nitrogen and oxygen atoms in total. The van der Waals surface area contributed by atoms with E-state index in [9.17, 15) is 9.59 Å². The van der Waals surface area contributed by atoms with E-state index in [-0.39, 0.29) is 17.0 Å². The van der Waals surface area contributed by atoms with Crippen molar-refractivity contribution >= 4 is 16.9 Å². The van der Waals surface area contributed by atoms with Crippen molar-refractivity contribution in [3.8, 4) is 0 Å². The molecule has 26 heavy (non-hydrogen) atoms. The topological polar surface area (TPSA) is 64.0 Å². The van der Waals surface area contributed by atoms with Gasteiger partial charge in [-0.05, 0) is 36.6 Å². The van der Waals surface area contributed by atoms with Crippen LogP contribution in [-0.4, -0.2) is 22.0 Å². The Balaban J connectivity index is 2.08. The summed E-state index contributed by atoms with van der Waals surface area (Å²) < 4.78 is 1.57. The fourth-order valence-electron chi connectivity index (χ4n) is 2.78. The molecule has 0 aliphatic heterocycles. The summed E-state index contributed by atoms with van der Waals surface area (Å²) in [5.74, 6) is -0.0250. The van der Waals surface area contributed by atoms with Crippen LogP contribution in [0.2, 0.25) is 0 Å². The van der Waals surface area contributed by atoms with Crippen LogP contribution >= 0.6 is 0 Å². The molecule has 0 fully saturated rings. The Kier molecular flexibility index (Phi) is 5.16. The predicted molar refractivity (Wildman–Crippen MR) is 103 cm³/mol. The maximum atomic E-state index is 13.0. The van der Waals surface area contributed by atoms with Crippen LogP contribution < -0.4 is 10.9 Å². The van der Waals surface area contributed by atoms with Gasteiger partial charge in [0.05, 0.1) is 6.54 Å². The van der Waals surface area contributed by atoms with Crippen molar-refractivity contribution in [2.75, 3.05) is 6.54 Å². The summed E-state index contributed by atoms with van der Waals surface area (Å²) in [4.78, 5) is 29.9. The second-order valence-corrected chi connectivity index (χ2v) is 6.96. The standard InChI is InChI=1S/C21H23N3O2/c1-14(2)12-23-20(25)18-11-17-5-4-10-22-19(17)24(21(18)26)13-16-8-6-15(3)7-9-16/h4-11,14H,12-13H2,1-3H3,(H,23,25). The van der Waals surface area contributed by atoms with Gasteiger partial charge in [0.15, 0.2) is 0 Å². The Bertz CT molecular complexity index is 988. The number of nitrogens with zero attached hydrogens (tertiary/aromatic N) is 2. The van der Waals surface area contributed by atoms with E-state index in [4.69, 9.17) is 0 Å². The first kappa shape index (κ1) is 17.9. The van der Waals surface area contributed by atoms with E-state index in [1.807, 2.05) is 51.1 Å². The number of benzene rings is 1. The van der Waals surface area contributed by atoms with Crippen molar-refractivity contribution in [3.05, 3.63) is 75.7 Å². The molecule has 1 aromatic carbocycles. The van der Waals surface area contributed by atoms with Gasteiger partial charge in [0.1, 0.15) is 11.2 Å². The van der Waals surface area contributed by atoms with Crippen LogP contribution in [0.15, 0.2) is 53.5 Å². The average molecular weight is 349 g/mol. The Morgan fingerprint density at radius 1 is 1.19 bits per heavy atom. The van der Waals surface area contributed by atoms with Crippen molar-refractivity contribution in [1.29, 1.82) is 0 Å². The Labute approximate surface area is 152 Å². The zero-order chi connectivity index (χ0) is 18.7. The molecule has 0 aliphatic carbocycles. The normalized spacial score (nSPS) is 11.1. The molecule has 0 unspecified atom stereocenters. The summed E-state index contributed by atoms with van der Waals surface area (Å²) in [6.45, 7) is 6.95. The van der Waals surface area contributed by atoms with Gasteiger partial charge in [-0.2, -0.15) is 0 Å². The van der Waals surface area contributed by atoms with Gasteiger partial charge < -0.3 is 5.32 Å². The van der Waals surface area contributed by atoms with Gasteiger partial charge in [-0.25, -0.2) is 4.98 Å². The maximum absolute atomic E-state index is 13.0. The first-order valence-corrected chi connectivity index (χ1v) is 8.78. The average Bonchev–Trinajstić information content (AvgIpc) is 2.63. The molecular formula is C21H23N3O2. The number of aryl methyl sites for hydroxylation is 1. The van der Waals surface area contributed by atoms with Gasteiger partial charge in [-0.3, -0.25) is 14.2 Å². The third-order valence-corrected chi connectivity index (χ3v) is 4.22. The van der Waals surface area contributed by atoms with Crippen LogP contribution in [0.1, 0.15) is 35.3 Å². The number of pyridine rings is 2. The van der Waals surface area contributed by atoms with Crippen molar-refractivity contribution in [3.63, 3.8) is 0 Å². The van der Waals surface area contributed by atoms with Gasteiger partial charge in [-0.15, -0.1) is 0 Å². The number of amides is 1. The third-order valence-electron chi connectivity index (χ3n) is 4.22. The van der Waals surface area contributed by atoms with Crippen LogP contribution in [-0.2, 0) is 6.54 Å². The Hall–Kier alpha value is -2.95. The predicted octanol–water partition coefficient (Wildman–Crippen LogP) is 3.14. The van der Waals surface area contributed by atoms with Crippen molar-refractivity contribution in [2.45, 2.75) is 27.3 Å². The number of hydrogen-bond donors (Lipinski definition) is 1. The SMILES string of the molecule is Cc1ccc(Cn2c(=O)c(C(=O)NCC(C)C)cc3cccnc32)cc1. The number of hydrogen-bond acceptors (Lipinski definition) is 3. The fourth-order valence-corrected chi connectivity index (χ4v) is 2.78. The molecule has 1 amide bonds. The molecule has 0 atom stereocenters. The van der Waals surface area contributed by atoms with Crippen molar-refractivity contribution in [2.24, 2.45) is 5.92 Å². The van der Waals surface area contributed by atoms with E-state index in [0.717, 1.165) is 16.5 Å². The lowest BCUT2D eigenvalue weighted by Gasteiger charge is -2.13. The molecule has 1 N–H and O–H groups in total. The molecule has 0 saturated heterocycles. The Morgan fingerprint density at radius 3 is 2.62 bits per heavy atom. The number of carbonyl (C=O) groups excluding carboxylic acids is 1. The molecule has 2 aromatic heterocycles. The number of rotatable bonds is 5. The molecule has 134 valence electrons. The quantitative estimate of drug-likeness (QED) is 0.770. The van der Waals surface area contributed by atoms with Gasteiger partial charge >= 0.3 is 0 Å². The highest BCUT2D eigenvalue weighted by molar-refractivity contribution is 5.96. The monoisotopic (exact) mass is 349 g/mol. The molecule has 0 bridgehead atoms. The lowest BCUT2D eigenvalue weighted by Crippen LogP contribution is -2.35. The molecule has 0 saturated carbocycles. The molecule has 2 heterocycles. The largest absolute Gasteiger partial charge is 0.352 e. The van der Waals surface area contributed by atoms with Crippen molar-refractivity contribution < 1.29 is 4.79 Å². The fraction of sp³-hybridized carbons (Fsp3) is 0.286. The number of aromatic nitrogens is 2. The minimum atomic E-state index is -0.341.